The lowest BCUT2D eigenvalue weighted by molar-refractivity contribution is 0.513. The minimum atomic E-state index is 0.124. The Hall–Kier alpha value is -1.55. The molecule has 0 fully saturated rings. The summed E-state index contributed by atoms with van der Waals surface area (Å²) < 4.78 is 4.25. The molecule has 2 rings (SSSR count). The largest absolute Gasteiger partial charge is 0.353 e. The van der Waals surface area contributed by atoms with E-state index in [0.29, 0.717) is 5.92 Å². The second-order valence-electron chi connectivity index (χ2n) is 5.16. The molecule has 4 nitrogen and oxygen atoms in total. The molecule has 2 N–H and O–H groups in total. The average molecular weight is 246 g/mol. The third-order valence-corrected chi connectivity index (χ3v) is 3.39. The summed E-state index contributed by atoms with van der Waals surface area (Å²) in [5.41, 5.74) is 7.35. The fourth-order valence-corrected chi connectivity index (χ4v) is 2.05. The first-order valence-corrected chi connectivity index (χ1v) is 6.45. The molecule has 2 aromatic rings. The molecule has 18 heavy (non-hydrogen) atoms. The Morgan fingerprint density at radius 2 is 2.11 bits per heavy atom. The third-order valence-electron chi connectivity index (χ3n) is 3.39. The van der Waals surface area contributed by atoms with Gasteiger partial charge in [0.1, 0.15) is 5.82 Å². The summed E-state index contributed by atoms with van der Waals surface area (Å²) in [4.78, 5) is 4.33. The number of nitrogens with zero attached hydrogens (tertiary/aromatic N) is 3. The first-order chi connectivity index (χ1) is 8.58. The highest BCUT2D eigenvalue weighted by Crippen LogP contribution is 2.18. The zero-order valence-corrected chi connectivity index (χ0v) is 11.4. The van der Waals surface area contributed by atoms with Gasteiger partial charge in [0.2, 0.25) is 0 Å². The molecule has 0 saturated heterocycles. The van der Waals surface area contributed by atoms with Crippen LogP contribution in [0.4, 0.5) is 0 Å². The summed E-state index contributed by atoms with van der Waals surface area (Å²) in [5, 5.41) is 0. The first-order valence-electron chi connectivity index (χ1n) is 6.45. The number of nitrogens with two attached hydrogens (primary N) is 1. The van der Waals surface area contributed by atoms with Gasteiger partial charge in [-0.05, 0) is 17.5 Å². The summed E-state index contributed by atoms with van der Waals surface area (Å²) in [7, 11) is 2.03. The van der Waals surface area contributed by atoms with Gasteiger partial charge in [0, 0.05) is 50.8 Å². The van der Waals surface area contributed by atoms with Gasteiger partial charge >= 0.3 is 0 Å². The van der Waals surface area contributed by atoms with Crippen LogP contribution in [0.2, 0.25) is 0 Å². The minimum Gasteiger partial charge on any atom is -0.353 e. The Kier molecular flexibility index (Phi) is 3.87. The Balaban J connectivity index is 1.97. The van der Waals surface area contributed by atoms with Crippen LogP contribution in [-0.2, 0) is 20.0 Å². The summed E-state index contributed by atoms with van der Waals surface area (Å²) >= 11 is 0. The van der Waals surface area contributed by atoms with E-state index < -0.39 is 0 Å². The molecule has 0 aliphatic rings. The van der Waals surface area contributed by atoms with Gasteiger partial charge in [-0.2, -0.15) is 0 Å². The number of hydrogen-bond acceptors (Lipinski definition) is 2. The van der Waals surface area contributed by atoms with Crippen LogP contribution in [0.25, 0.3) is 0 Å². The topological polar surface area (TPSA) is 48.8 Å². The summed E-state index contributed by atoms with van der Waals surface area (Å²) in [6.45, 7) is 5.24. The van der Waals surface area contributed by atoms with Crippen molar-refractivity contribution in [2.75, 3.05) is 0 Å². The maximum Gasteiger partial charge on any atom is 0.110 e. The number of rotatable bonds is 5. The Bertz CT molecular complexity index is 495. The van der Waals surface area contributed by atoms with E-state index in [1.807, 2.05) is 19.4 Å². The number of aromatic nitrogens is 3. The molecule has 2 heterocycles. The highest BCUT2D eigenvalue weighted by Gasteiger charge is 2.11. The van der Waals surface area contributed by atoms with Crippen LogP contribution < -0.4 is 5.73 Å². The maximum atomic E-state index is 6.14. The zero-order valence-electron chi connectivity index (χ0n) is 11.4. The van der Waals surface area contributed by atoms with E-state index in [2.05, 4.69) is 46.4 Å². The van der Waals surface area contributed by atoms with E-state index >= 15 is 0 Å². The fraction of sp³-hybridized carbons (Fsp3) is 0.500. The summed E-state index contributed by atoms with van der Waals surface area (Å²) in [6.07, 6.45) is 9.00. The van der Waals surface area contributed by atoms with Crippen molar-refractivity contribution in [3.63, 3.8) is 0 Å². The van der Waals surface area contributed by atoms with Gasteiger partial charge in [-0.15, -0.1) is 0 Å². The molecule has 0 radical (unpaired) electrons. The van der Waals surface area contributed by atoms with Gasteiger partial charge < -0.3 is 14.9 Å². The van der Waals surface area contributed by atoms with Crippen molar-refractivity contribution >= 4 is 0 Å². The van der Waals surface area contributed by atoms with Gasteiger partial charge in [-0.25, -0.2) is 4.98 Å². The molecule has 1 unspecified atom stereocenters. The molecular formula is C14H22N4. The van der Waals surface area contributed by atoms with E-state index in [1.165, 1.54) is 5.56 Å². The van der Waals surface area contributed by atoms with Crippen LogP contribution in [-0.4, -0.2) is 14.1 Å². The van der Waals surface area contributed by atoms with Crippen molar-refractivity contribution in [3.8, 4) is 0 Å². The van der Waals surface area contributed by atoms with E-state index in [-0.39, 0.29) is 6.04 Å². The van der Waals surface area contributed by atoms with Crippen LogP contribution in [0.3, 0.4) is 0 Å². The Morgan fingerprint density at radius 1 is 1.33 bits per heavy atom. The second-order valence-corrected chi connectivity index (χ2v) is 5.16. The predicted molar refractivity (Wildman–Crippen MR) is 73.1 cm³/mol. The summed E-state index contributed by atoms with van der Waals surface area (Å²) in [6, 6.07) is 2.24. The van der Waals surface area contributed by atoms with Gasteiger partial charge in [-0.3, -0.25) is 0 Å². The molecule has 0 aliphatic heterocycles. The second kappa shape index (κ2) is 5.40. The van der Waals surface area contributed by atoms with Crippen molar-refractivity contribution in [2.45, 2.75) is 32.9 Å². The molecular weight excluding hydrogens is 224 g/mol. The average Bonchev–Trinajstić information content (AvgIpc) is 2.94. The molecule has 0 aliphatic carbocycles. The molecule has 4 heteroatoms. The number of imidazole rings is 1. The minimum absolute atomic E-state index is 0.124. The first kappa shape index (κ1) is 12.9. The van der Waals surface area contributed by atoms with Crippen LogP contribution >= 0.6 is 0 Å². The van der Waals surface area contributed by atoms with Gasteiger partial charge in [0.25, 0.3) is 0 Å². The van der Waals surface area contributed by atoms with Crippen molar-refractivity contribution in [2.24, 2.45) is 18.7 Å². The van der Waals surface area contributed by atoms with Crippen LogP contribution in [0, 0.1) is 5.92 Å². The summed E-state index contributed by atoms with van der Waals surface area (Å²) in [5.74, 6) is 1.58. The number of aryl methyl sites for hydroxylation is 3. The Labute approximate surface area is 108 Å². The standard InChI is InChI=1S/C14H22N4/c1-11(2)14(15)12-4-7-18(10-12)8-5-13-16-6-9-17(13)3/h4,6-7,9-11,14H,5,8,15H2,1-3H3. The number of hydrogen-bond donors (Lipinski definition) is 1. The molecule has 1 atom stereocenters. The molecule has 0 aromatic carbocycles. The lowest BCUT2D eigenvalue weighted by Crippen LogP contribution is -2.16. The molecule has 2 aromatic heterocycles. The molecule has 98 valence electrons. The van der Waals surface area contributed by atoms with Gasteiger partial charge in [-0.1, -0.05) is 13.8 Å². The normalized spacial score (nSPS) is 13.2. The van der Waals surface area contributed by atoms with E-state index in [0.717, 1.165) is 18.8 Å². The van der Waals surface area contributed by atoms with E-state index in [4.69, 9.17) is 5.73 Å². The third kappa shape index (κ3) is 2.82. The van der Waals surface area contributed by atoms with E-state index in [1.54, 1.807) is 0 Å². The van der Waals surface area contributed by atoms with Crippen molar-refractivity contribution in [1.29, 1.82) is 0 Å². The van der Waals surface area contributed by atoms with Crippen LogP contribution in [0.1, 0.15) is 31.3 Å². The molecule has 0 spiro atoms. The predicted octanol–water partition coefficient (Wildman–Crippen LogP) is 2.12. The lowest BCUT2D eigenvalue weighted by atomic mass is 10.00. The van der Waals surface area contributed by atoms with Crippen molar-refractivity contribution in [1.82, 2.24) is 14.1 Å². The lowest BCUT2D eigenvalue weighted by Gasteiger charge is -2.13. The van der Waals surface area contributed by atoms with Crippen LogP contribution in [0.15, 0.2) is 30.9 Å². The molecule has 0 saturated carbocycles. The van der Waals surface area contributed by atoms with E-state index in [9.17, 15) is 0 Å². The fourth-order valence-electron chi connectivity index (χ4n) is 2.05. The highest BCUT2D eigenvalue weighted by molar-refractivity contribution is 5.15. The zero-order chi connectivity index (χ0) is 13.1. The van der Waals surface area contributed by atoms with Crippen molar-refractivity contribution < 1.29 is 0 Å². The van der Waals surface area contributed by atoms with Gasteiger partial charge in [0.05, 0.1) is 0 Å². The Morgan fingerprint density at radius 3 is 2.72 bits per heavy atom. The van der Waals surface area contributed by atoms with Crippen molar-refractivity contribution in [3.05, 3.63) is 42.2 Å². The smallest absolute Gasteiger partial charge is 0.110 e. The van der Waals surface area contributed by atoms with Gasteiger partial charge in [0.15, 0.2) is 0 Å². The molecule has 0 amide bonds. The SMILES string of the molecule is CC(C)C(N)c1ccn(CCc2nccn2C)c1. The monoisotopic (exact) mass is 246 g/mol. The maximum absolute atomic E-state index is 6.14. The highest BCUT2D eigenvalue weighted by atomic mass is 15.0. The molecule has 0 bridgehead atoms. The van der Waals surface area contributed by atoms with Crippen LogP contribution in [0.5, 0.6) is 0 Å². The quantitative estimate of drug-likeness (QED) is 0.878.